The van der Waals surface area contributed by atoms with Crippen molar-refractivity contribution in [3.8, 4) is 0 Å². The van der Waals surface area contributed by atoms with E-state index < -0.39 is 5.82 Å². The van der Waals surface area contributed by atoms with Crippen molar-refractivity contribution >= 4 is 17.4 Å². The highest BCUT2D eigenvalue weighted by molar-refractivity contribution is 7.99. The van der Waals surface area contributed by atoms with Gasteiger partial charge in [-0.1, -0.05) is 17.8 Å². The second kappa shape index (κ2) is 4.31. The van der Waals surface area contributed by atoms with Gasteiger partial charge in [-0.15, -0.1) is 0 Å². The van der Waals surface area contributed by atoms with Gasteiger partial charge in [-0.25, -0.2) is 9.37 Å². The van der Waals surface area contributed by atoms with E-state index in [0.717, 1.165) is 9.92 Å². The normalized spacial score (nSPS) is 10.2. The zero-order valence-corrected chi connectivity index (χ0v) is 8.67. The molecule has 4 heteroatoms. The van der Waals surface area contributed by atoms with Crippen LogP contribution in [-0.4, -0.2) is 4.98 Å². The number of benzene rings is 1. The number of nitrogens with two attached hydrogens (primary N) is 1. The third-order valence-electron chi connectivity index (χ3n) is 1.83. The van der Waals surface area contributed by atoms with E-state index in [2.05, 4.69) is 4.98 Å². The Bertz CT molecular complexity index is 459. The molecule has 0 aliphatic heterocycles. The van der Waals surface area contributed by atoms with Gasteiger partial charge in [-0.3, -0.25) is 0 Å². The lowest BCUT2D eigenvalue weighted by atomic mass is 10.3. The largest absolute Gasteiger partial charge is 0.396 e. The summed E-state index contributed by atoms with van der Waals surface area (Å²) in [5.41, 5.74) is 5.55. The highest BCUT2D eigenvalue weighted by atomic mass is 32.2. The molecule has 0 fully saturated rings. The van der Waals surface area contributed by atoms with Crippen molar-refractivity contribution in [3.63, 3.8) is 0 Å². The molecule has 15 heavy (non-hydrogen) atoms. The Hall–Kier alpha value is -1.55. The molecular weight excluding hydrogens is 211 g/mol. The van der Waals surface area contributed by atoms with Crippen LogP contribution in [0.2, 0.25) is 0 Å². The van der Waals surface area contributed by atoms with Gasteiger partial charge >= 0.3 is 0 Å². The number of anilines is 1. The molecule has 0 aliphatic rings. The molecule has 2 aromatic rings. The lowest BCUT2D eigenvalue weighted by Gasteiger charge is -2.01. The van der Waals surface area contributed by atoms with E-state index in [1.54, 1.807) is 18.3 Å². The second-order valence-corrected chi connectivity index (χ2v) is 4.05. The van der Waals surface area contributed by atoms with E-state index in [4.69, 9.17) is 5.73 Å². The van der Waals surface area contributed by atoms with Crippen molar-refractivity contribution in [2.24, 2.45) is 0 Å². The molecule has 76 valence electrons. The van der Waals surface area contributed by atoms with E-state index in [1.807, 2.05) is 18.2 Å². The molecule has 1 aromatic heterocycles. The Balaban J connectivity index is 2.22. The van der Waals surface area contributed by atoms with Crippen molar-refractivity contribution < 1.29 is 4.39 Å². The molecule has 0 radical (unpaired) electrons. The Labute approximate surface area is 91.3 Å². The van der Waals surface area contributed by atoms with Gasteiger partial charge in [-0.2, -0.15) is 0 Å². The van der Waals surface area contributed by atoms with Crippen molar-refractivity contribution in [1.82, 2.24) is 4.98 Å². The number of hydrogen-bond donors (Lipinski definition) is 1. The molecule has 0 unspecified atom stereocenters. The van der Waals surface area contributed by atoms with E-state index in [9.17, 15) is 4.39 Å². The number of nitrogens with zero attached hydrogens (tertiary/aromatic N) is 1. The summed E-state index contributed by atoms with van der Waals surface area (Å²) in [4.78, 5) is 4.93. The fourth-order valence-corrected chi connectivity index (χ4v) is 1.90. The summed E-state index contributed by atoms with van der Waals surface area (Å²) < 4.78 is 13.1. The number of pyridine rings is 1. The van der Waals surface area contributed by atoms with E-state index in [1.165, 1.54) is 17.8 Å². The van der Waals surface area contributed by atoms with Gasteiger partial charge in [0.15, 0.2) is 0 Å². The van der Waals surface area contributed by atoms with Gasteiger partial charge < -0.3 is 5.73 Å². The fourth-order valence-electron chi connectivity index (χ4n) is 1.10. The van der Waals surface area contributed by atoms with Crippen LogP contribution < -0.4 is 5.73 Å². The zero-order chi connectivity index (χ0) is 10.7. The van der Waals surface area contributed by atoms with Crippen LogP contribution in [0.1, 0.15) is 0 Å². The van der Waals surface area contributed by atoms with E-state index >= 15 is 0 Å². The van der Waals surface area contributed by atoms with Gasteiger partial charge in [0.1, 0.15) is 10.8 Å². The molecule has 2 nitrogen and oxygen atoms in total. The number of nitrogen functional groups attached to an aromatic ring is 1. The van der Waals surface area contributed by atoms with Crippen LogP contribution in [0.15, 0.2) is 52.5 Å². The molecule has 1 aromatic carbocycles. The van der Waals surface area contributed by atoms with Gasteiger partial charge in [0, 0.05) is 11.1 Å². The first-order valence-electron chi connectivity index (χ1n) is 4.39. The van der Waals surface area contributed by atoms with Crippen LogP contribution in [0.25, 0.3) is 0 Å². The molecule has 0 atom stereocenters. The predicted octanol–water partition coefficient (Wildman–Crippen LogP) is 2.95. The Morgan fingerprint density at radius 2 is 2.07 bits per heavy atom. The van der Waals surface area contributed by atoms with Gasteiger partial charge in [0.05, 0.1) is 5.69 Å². The van der Waals surface area contributed by atoms with Gasteiger partial charge in [-0.05, 0) is 30.3 Å². The minimum atomic E-state index is -0.393. The van der Waals surface area contributed by atoms with E-state index in [0.29, 0.717) is 0 Å². The minimum Gasteiger partial charge on any atom is -0.396 e. The second-order valence-electron chi connectivity index (χ2n) is 2.95. The van der Waals surface area contributed by atoms with Crippen LogP contribution in [-0.2, 0) is 0 Å². The molecular formula is C11H9FN2S. The maximum atomic E-state index is 13.1. The molecule has 0 spiro atoms. The quantitative estimate of drug-likeness (QED) is 0.791. The van der Waals surface area contributed by atoms with Crippen LogP contribution >= 0.6 is 11.8 Å². The Morgan fingerprint density at radius 3 is 2.73 bits per heavy atom. The summed E-state index contributed by atoms with van der Waals surface area (Å²) in [5, 5.41) is 0.835. The maximum absolute atomic E-state index is 13.1. The lowest BCUT2D eigenvalue weighted by molar-refractivity contribution is 0.629. The Kier molecular flexibility index (Phi) is 2.87. The number of aromatic nitrogens is 1. The third kappa shape index (κ3) is 2.47. The fraction of sp³-hybridized carbons (Fsp3) is 0. The first kappa shape index (κ1) is 9.98. The molecule has 0 saturated heterocycles. The van der Waals surface area contributed by atoms with Crippen molar-refractivity contribution in [2.75, 3.05) is 5.73 Å². The number of rotatable bonds is 2. The SMILES string of the molecule is Nc1ccc(Sc2ccccn2)cc1F. The lowest BCUT2D eigenvalue weighted by Crippen LogP contribution is -1.89. The highest BCUT2D eigenvalue weighted by Crippen LogP contribution is 2.27. The molecule has 0 amide bonds. The first-order chi connectivity index (χ1) is 7.25. The summed E-state index contributed by atoms with van der Waals surface area (Å²) in [5.74, 6) is -0.393. The Morgan fingerprint density at radius 1 is 1.20 bits per heavy atom. The standard InChI is InChI=1S/C11H9FN2S/c12-9-7-8(4-5-10(9)13)15-11-3-1-2-6-14-11/h1-7H,13H2. The maximum Gasteiger partial charge on any atom is 0.147 e. The molecule has 2 N–H and O–H groups in total. The molecule has 0 aliphatic carbocycles. The molecule has 0 bridgehead atoms. The predicted molar refractivity (Wildman–Crippen MR) is 59.2 cm³/mol. The average molecular weight is 220 g/mol. The average Bonchev–Trinajstić information content (AvgIpc) is 2.25. The number of hydrogen-bond acceptors (Lipinski definition) is 3. The topological polar surface area (TPSA) is 38.9 Å². The summed E-state index contributed by atoms with van der Waals surface area (Å²) >= 11 is 1.40. The van der Waals surface area contributed by atoms with Gasteiger partial charge in [0.2, 0.25) is 0 Å². The van der Waals surface area contributed by atoms with Crippen LogP contribution in [0, 0.1) is 5.82 Å². The first-order valence-corrected chi connectivity index (χ1v) is 5.21. The summed E-state index contributed by atoms with van der Waals surface area (Å²) in [6, 6.07) is 10.3. The molecule has 1 heterocycles. The van der Waals surface area contributed by atoms with Crippen LogP contribution in [0.4, 0.5) is 10.1 Å². The highest BCUT2D eigenvalue weighted by Gasteiger charge is 2.02. The summed E-state index contributed by atoms with van der Waals surface area (Å²) in [6.07, 6.45) is 1.70. The summed E-state index contributed by atoms with van der Waals surface area (Å²) in [7, 11) is 0. The zero-order valence-electron chi connectivity index (χ0n) is 7.85. The third-order valence-corrected chi connectivity index (χ3v) is 2.77. The smallest absolute Gasteiger partial charge is 0.147 e. The van der Waals surface area contributed by atoms with Gasteiger partial charge in [0.25, 0.3) is 0 Å². The minimum absolute atomic E-state index is 0.167. The van der Waals surface area contributed by atoms with Crippen molar-refractivity contribution in [2.45, 2.75) is 9.92 Å². The van der Waals surface area contributed by atoms with Crippen LogP contribution in [0.3, 0.4) is 0 Å². The van der Waals surface area contributed by atoms with Crippen molar-refractivity contribution in [1.29, 1.82) is 0 Å². The summed E-state index contributed by atoms with van der Waals surface area (Å²) in [6.45, 7) is 0. The van der Waals surface area contributed by atoms with Crippen LogP contribution in [0.5, 0.6) is 0 Å². The number of halogens is 1. The molecule has 2 rings (SSSR count). The molecule has 0 saturated carbocycles. The van der Waals surface area contributed by atoms with E-state index in [-0.39, 0.29) is 5.69 Å². The monoisotopic (exact) mass is 220 g/mol. The van der Waals surface area contributed by atoms with Crippen molar-refractivity contribution in [3.05, 3.63) is 48.4 Å².